The highest BCUT2D eigenvalue weighted by atomic mass is 32.1. The van der Waals surface area contributed by atoms with Gasteiger partial charge in [0.15, 0.2) is 5.82 Å². The second-order valence-electron chi connectivity index (χ2n) is 8.41. The van der Waals surface area contributed by atoms with E-state index < -0.39 is 0 Å². The van der Waals surface area contributed by atoms with Gasteiger partial charge >= 0.3 is 0 Å². The van der Waals surface area contributed by atoms with Crippen LogP contribution in [0.3, 0.4) is 0 Å². The van der Waals surface area contributed by atoms with Crippen molar-refractivity contribution in [2.24, 2.45) is 5.92 Å². The molecule has 0 bridgehead atoms. The van der Waals surface area contributed by atoms with E-state index in [9.17, 15) is 4.79 Å². The van der Waals surface area contributed by atoms with Crippen LogP contribution >= 0.6 is 11.3 Å². The number of fused-ring (bicyclic) bond motifs is 4. The number of hydrogen-bond donors (Lipinski definition) is 3. The number of quaternary nitrogens is 1. The molecule has 29 heavy (non-hydrogen) atoms. The lowest BCUT2D eigenvalue weighted by Crippen LogP contribution is -2.85. The molecule has 1 aliphatic carbocycles. The van der Waals surface area contributed by atoms with Crippen molar-refractivity contribution in [2.75, 3.05) is 6.54 Å². The maximum atomic E-state index is 12.8. The molecule has 0 aliphatic heterocycles. The Morgan fingerprint density at radius 3 is 3.10 bits per heavy atom. The van der Waals surface area contributed by atoms with Gasteiger partial charge < -0.3 is 15.3 Å². The number of aromatic amines is 2. The summed E-state index contributed by atoms with van der Waals surface area (Å²) in [7, 11) is 0. The van der Waals surface area contributed by atoms with E-state index in [-0.39, 0.29) is 11.6 Å². The number of thiophene rings is 1. The van der Waals surface area contributed by atoms with Crippen LogP contribution in [0.25, 0.3) is 21.1 Å². The third kappa shape index (κ3) is 3.40. The molecule has 0 saturated heterocycles. The summed E-state index contributed by atoms with van der Waals surface area (Å²) in [6.07, 6.45) is 6.33. The molecule has 1 aliphatic rings. The average molecular weight is 408 g/mol. The Hall–Kier alpha value is -2.44. The first-order valence-electron chi connectivity index (χ1n) is 10.5. The number of nitrogens with one attached hydrogen (secondary N) is 2. The van der Waals surface area contributed by atoms with Crippen LogP contribution in [-0.2, 0) is 19.3 Å². The Bertz CT molecular complexity index is 1230. The Morgan fingerprint density at radius 2 is 2.21 bits per heavy atom. The fourth-order valence-corrected chi connectivity index (χ4v) is 5.91. The second kappa shape index (κ2) is 7.43. The van der Waals surface area contributed by atoms with Crippen molar-refractivity contribution in [3.05, 3.63) is 62.6 Å². The van der Waals surface area contributed by atoms with E-state index in [0.717, 1.165) is 48.3 Å². The fourth-order valence-electron chi connectivity index (χ4n) is 4.52. The van der Waals surface area contributed by atoms with E-state index in [1.165, 1.54) is 26.9 Å². The Labute approximate surface area is 173 Å². The Balaban J connectivity index is 1.33. The predicted octanol–water partition coefficient (Wildman–Crippen LogP) is 3.46. The lowest BCUT2D eigenvalue weighted by atomic mass is 9.89. The lowest BCUT2D eigenvalue weighted by molar-refractivity contribution is -0.693. The molecule has 5 nitrogen and oxygen atoms in total. The molecule has 3 heterocycles. The highest BCUT2D eigenvalue weighted by Crippen LogP contribution is 2.35. The number of aryl methyl sites for hydroxylation is 1. The standard InChI is InChI=1S/C23H26N4OS/c1-13-7-8-17-19(11-13)29-23-20(17)22(28)26-21(27-23)14(2)24-10-9-15-12-25-18-6-4-3-5-16(15)18/h3-6,12-14,24-25H,7-11H2,1-2H3,(H,26,27,28)/p+1/t13-,14-/m0/s1. The van der Waals surface area contributed by atoms with E-state index in [1.807, 2.05) is 0 Å². The summed E-state index contributed by atoms with van der Waals surface area (Å²) < 4.78 is 0. The number of H-pyrrole nitrogens is 2. The topological polar surface area (TPSA) is 78.2 Å². The number of nitrogens with two attached hydrogens (primary N) is 1. The quantitative estimate of drug-likeness (QED) is 0.474. The summed E-state index contributed by atoms with van der Waals surface area (Å²) in [4.78, 5) is 26.4. The molecule has 0 amide bonds. The van der Waals surface area contributed by atoms with Gasteiger partial charge in [-0.1, -0.05) is 25.1 Å². The van der Waals surface area contributed by atoms with Crippen LogP contribution in [0, 0.1) is 5.92 Å². The summed E-state index contributed by atoms with van der Waals surface area (Å²) >= 11 is 1.72. The van der Waals surface area contributed by atoms with E-state index >= 15 is 0 Å². The predicted molar refractivity (Wildman–Crippen MR) is 119 cm³/mol. The highest BCUT2D eigenvalue weighted by molar-refractivity contribution is 7.18. The Morgan fingerprint density at radius 1 is 1.34 bits per heavy atom. The molecule has 0 spiro atoms. The van der Waals surface area contributed by atoms with Crippen LogP contribution in [0.5, 0.6) is 0 Å². The van der Waals surface area contributed by atoms with Gasteiger partial charge in [0.1, 0.15) is 10.9 Å². The van der Waals surface area contributed by atoms with Crippen LogP contribution in [0.2, 0.25) is 0 Å². The van der Waals surface area contributed by atoms with Gasteiger partial charge in [-0.2, -0.15) is 0 Å². The molecule has 3 aromatic heterocycles. The first-order chi connectivity index (χ1) is 14.1. The molecule has 0 radical (unpaired) electrons. The SMILES string of the molecule is C[C@H]1CCc2c(sc3nc([C@H](C)[NH2+]CCc4c[nH]c5ccccc45)[nH]c(=O)c23)C1. The van der Waals surface area contributed by atoms with Gasteiger partial charge in [-0.15, -0.1) is 11.3 Å². The molecule has 150 valence electrons. The van der Waals surface area contributed by atoms with Crippen LogP contribution in [0.15, 0.2) is 35.3 Å². The summed E-state index contributed by atoms with van der Waals surface area (Å²) in [5.74, 6) is 1.49. The normalized spacial score (nSPS) is 17.7. The molecular weight excluding hydrogens is 380 g/mol. The number of hydrogen-bond acceptors (Lipinski definition) is 3. The molecule has 0 unspecified atom stereocenters. The monoisotopic (exact) mass is 407 g/mol. The first kappa shape index (κ1) is 18.6. The molecule has 6 heteroatoms. The summed E-state index contributed by atoms with van der Waals surface area (Å²) in [5, 5.41) is 4.40. The molecule has 0 fully saturated rings. The number of benzene rings is 1. The third-order valence-electron chi connectivity index (χ3n) is 6.22. The molecule has 4 N–H and O–H groups in total. The summed E-state index contributed by atoms with van der Waals surface area (Å²) in [6.45, 7) is 5.36. The van der Waals surface area contributed by atoms with Gasteiger partial charge in [0.2, 0.25) is 0 Å². The van der Waals surface area contributed by atoms with Crippen LogP contribution in [0.1, 0.15) is 48.1 Å². The maximum absolute atomic E-state index is 12.8. The largest absolute Gasteiger partial charge is 0.361 e. The van der Waals surface area contributed by atoms with Gasteiger partial charge in [-0.3, -0.25) is 4.79 Å². The molecule has 4 aromatic rings. The minimum Gasteiger partial charge on any atom is -0.361 e. The zero-order valence-corrected chi connectivity index (χ0v) is 17.7. The molecule has 5 rings (SSSR count). The van der Waals surface area contributed by atoms with Crippen molar-refractivity contribution in [2.45, 2.75) is 45.6 Å². The van der Waals surface area contributed by atoms with Crippen molar-refractivity contribution in [1.29, 1.82) is 0 Å². The van der Waals surface area contributed by atoms with Crippen LogP contribution < -0.4 is 10.9 Å². The fraction of sp³-hybridized carbons (Fsp3) is 0.391. The Kier molecular flexibility index (Phi) is 4.76. The third-order valence-corrected chi connectivity index (χ3v) is 7.37. The van der Waals surface area contributed by atoms with Crippen LogP contribution in [-0.4, -0.2) is 21.5 Å². The minimum atomic E-state index is 0.0360. The number of rotatable bonds is 5. The first-order valence-corrected chi connectivity index (χ1v) is 11.3. The van der Waals surface area contributed by atoms with Crippen molar-refractivity contribution >= 4 is 32.5 Å². The number of nitrogens with zero attached hydrogens (tertiary/aromatic N) is 1. The average Bonchev–Trinajstić information content (AvgIpc) is 3.28. The van der Waals surface area contributed by atoms with Gasteiger partial charge in [0, 0.05) is 28.4 Å². The zero-order chi connectivity index (χ0) is 20.0. The van der Waals surface area contributed by atoms with Crippen molar-refractivity contribution in [3.8, 4) is 0 Å². The maximum Gasteiger partial charge on any atom is 0.260 e. The van der Waals surface area contributed by atoms with E-state index in [2.05, 4.69) is 59.6 Å². The van der Waals surface area contributed by atoms with Gasteiger partial charge in [-0.25, -0.2) is 4.98 Å². The van der Waals surface area contributed by atoms with Crippen molar-refractivity contribution < 1.29 is 5.32 Å². The van der Waals surface area contributed by atoms with E-state index in [1.54, 1.807) is 11.3 Å². The summed E-state index contributed by atoms with van der Waals surface area (Å²) in [6, 6.07) is 8.53. The molecule has 1 aromatic carbocycles. The molecule has 0 saturated carbocycles. The van der Waals surface area contributed by atoms with Crippen molar-refractivity contribution in [3.63, 3.8) is 0 Å². The van der Waals surface area contributed by atoms with Crippen LogP contribution in [0.4, 0.5) is 0 Å². The smallest absolute Gasteiger partial charge is 0.260 e. The van der Waals surface area contributed by atoms with Gasteiger partial charge in [0.05, 0.1) is 11.9 Å². The summed E-state index contributed by atoms with van der Waals surface area (Å²) in [5.41, 5.74) is 3.80. The lowest BCUT2D eigenvalue weighted by Gasteiger charge is -2.17. The van der Waals surface area contributed by atoms with Crippen molar-refractivity contribution in [1.82, 2.24) is 15.0 Å². The number of aromatic nitrogens is 3. The molecular formula is C23H27N4OS+. The zero-order valence-electron chi connectivity index (χ0n) is 16.9. The second-order valence-corrected chi connectivity index (χ2v) is 9.49. The van der Waals surface area contributed by atoms with Gasteiger partial charge in [-0.05, 0) is 49.3 Å². The minimum absolute atomic E-state index is 0.0360. The van der Waals surface area contributed by atoms with E-state index in [4.69, 9.17) is 4.98 Å². The highest BCUT2D eigenvalue weighted by Gasteiger charge is 2.24. The number of para-hydroxylation sites is 1. The van der Waals surface area contributed by atoms with E-state index in [0.29, 0.717) is 5.92 Å². The molecule has 2 atom stereocenters. The van der Waals surface area contributed by atoms with Gasteiger partial charge in [0.25, 0.3) is 5.56 Å².